The van der Waals surface area contributed by atoms with Gasteiger partial charge < -0.3 is 15.5 Å². The molecule has 0 aliphatic rings. The molecule has 82 valence electrons. The number of nitrogens with one attached hydrogen (secondary N) is 1. The molecule has 1 aromatic carbocycles. The summed E-state index contributed by atoms with van der Waals surface area (Å²) in [5.41, 5.74) is 6.75. The minimum atomic E-state index is -0.279. The molecule has 1 aromatic heterocycles. The van der Waals surface area contributed by atoms with Crippen LogP contribution in [0, 0.1) is 5.82 Å². The fourth-order valence-electron chi connectivity index (χ4n) is 1.28. The Morgan fingerprint density at radius 2 is 1.88 bits per heavy atom. The Labute approximate surface area is 92.4 Å². The van der Waals surface area contributed by atoms with Crippen molar-refractivity contribution in [1.29, 1.82) is 0 Å². The minimum Gasteiger partial charge on any atom is -0.439 e. The van der Waals surface area contributed by atoms with Gasteiger partial charge in [0.05, 0.1) is 5.70 Å². The molecule has 0 atom stereocenters. The second-order valence-electron chi connectivity index (χ2n) is 3.31. The van der Waals surface area contributed by atoms with Gasteiger partial charge in [0, 0.05) is 11.8 Å². The summed E-state index contributed by atoms with van der Waals surface area (Å²) < 4.78 is 17.8. The van der Waals surface area contributed by atoms with Crippen LogP contribution in [0.25, 0.3) is 5.70 Å². The van der Waals surface area contributed by atoms with Crippen LogP contribution in [0.4, 0.5) is 16.0 Å². The van der Waals surface area contributed by atoms with Gasteiger partial charge in [-0.2, -0.15) is 0 Å². The summed E-state index contributed by atoms with van der Waals surface area (Å²) in [4.78, 5) is 0. The third kappa shape index (κ3) is 2.23. The number of benzene rings is 1. The highest BCUT2D eigenvalue weighted by Crippen LogP contribution is 2.20. The number of rotatable bonds is 3. The summed E-state index contributed by atoms with van der Waals surface area (Å²) in [6.07, 6.45) is 0. The van der Waals surface area contributed by atoms with Crippen molar-refractivity contribution in [3.63, 3.8) is 0 Å². The van der Waals surface area contributed by atoms with Gasteiger partial charge in [-0.3, -0.25) is 0 Å². The Kier molecular flexibility index (Phi) is 2.64. The molecular formula is C12H11FN2O. The van der Waals surface area contributed by atoms with Crippen molar-refractivity contribution in [1.82, 2.24) is 0 Å². The molecular weight excluding hydrogens is 207 g/mol. The highest BCUT2D eigenvalue weighted by molar-refractivity contribution is 5.72. The molecule has 0 bridgehead atoms. The summed E-state index contributed by atoms with van der Waals surface area (Å²) in [6, 6.07) is 9.33. The van der Waals surface area contributed by atoms with Crippen molar-refractivity contribution < 1.29 is 8.81 Å². The van der Waals surface area contributed by atoms with Crippen molar-refractivity contribution >= 4 is 17.3 Å². The fourth-order valence-corrected chi connectivity index (χ4v) is 1.28. The van der Waals surface area contributed by atoms with Crippen molar-refractivity contribution in [2.24, 2.45) is 0 Å². The van der Waals surface area contributed by atoms with Gasteiger partial charge in [0.2, 0.25) is 0 Å². The maximum Gasteiger partial charge on any atom is 0.191 e. The Balaban J connectivity index is 2.10. The van der Waals surface area contributed by atoms with E-state index in [0.29, 0.717) is 17.3 Å². The fraction of sp³-hybridized carbons (Fsp3) is 0. The lowest BCUT2D eigenvalue weighted by Gasteiger charge is -2.06. The normalized spacial score (nSPS) is 10.1. The van der Waals surface area contributed by atoms with Gasteiger partial charge in [-0.25, -0.2) is 4.39 Å². The van der Waals surface area contributed by atoms with E-state index in [-0.39, 0.29) is 5.82 Å². The highest BCUT2D eigenvalue weighted by atomic mass is 19.1. The van der Waals surface area contributed by atoms with E-state index in [1.54, 1.807) is 24.3 Å². The van der Waals surface area contributed by atoms with E-state index in [9.17, 15) is 4.39 Å². The number of nitrogens with two attached hydrogens (primary N) is 1. The Bertz CT molecular complexity index is 502. The van der Waals surface area contributed by atoms with Crippen LogP contribution < -0.4 is 11.1 Å². The lowest BCUT2D eigenvalue weighted by Crippen LogP contribution is -1.95. The van der Waals surface area contributed by atoms with E-state index in [4.69, 9.17) is 10.2 Å². The third-order valence-electron chi connectivity index (χ3n) is 2.06. The molecule has 0 saturated heterocycles. The van der Waals surface area contributed by atoms with Crippen molar-refractivity contribution in [3.8, 4) is 0 Å². The molecule has 1 heterocycles. The second kappa shape index (κ2) is 4.10. The maximum absolute atomic E-state index is 12.7. The van der Waals surface area contributed by atoms with Crippen LogP contribution in [-0.2, 0) is 0 Å². The molecule has 16 heavy (non-hydrogen) atoms. The monoisotopic (exact) mass is 218 g/mol. The zero-order chi connectivity index (χ0) is 11.5. The highest BCUT2D eigenvalue weighted by Gasteiger charge is 2.04. The molecule has 0 aliphatic heterocycles. The molecule has 0 unspecified atom stereocenters. The second-order valence-corrected chi connectivity index (χ2v) is 3.31. The van der Waals surface area contributed by atoms with Crippen LogP contribution in [0.15, 0.2) is 47.4 Å². The zero-order valence-electron chi connectivity index (χ0n) is 8.53. The van der Waals surface area contributed by atoms with Gasteiger partial charge in [-0.15, -0.1) is 0 Å². The molecule has 3 N–H and O–H groups in total. The summed E-state index contributed by atoms with van der Waals surface area (Å²) in [6.45, 7) is 3.80. The van der Waals surface area contributed by atoms with Crippen LogP contribution in [0.3, 0.4) is 0 Å². The van der Waals surface area contributed by atoms with Crippen LogP contribution >= 0.6 is 0 Å². The van der Waals surface area contributed by atoms with Crippen LogP contribution in [0.5, 0.6) is 0 Å². The molecule has 0 spiro atoms. The number of nitrogen functional groups attached to an aromatic ring is 1. The number of hydrogen-bond donors (Lipinski definition) is 2. The SMILES string of the molecule is C=C(Nc1ccc(F)cc1)c1ccc(N)o1. The van der Waals surface area contributed by atoms with Gasteiger partial charge >= 0.3 is 0 Å². The lowest BCUT2D eigenvalue weighted by molar-refractivity contribution is 0.573. The zero-order valence-corrected chi connectivity index (χ0v) is 8.53. The van der Waals surface area contributed by atoms with E-state index in [1.807, 2.05) is 0 Å². The molecule has 0 fully saturated rings. The van der Waals surface area contributed by atoms with E-state index in [1.165, 1.54) is 12.1 Å². The van der Waals surface area contributed by atoms with Crippen LogP contribution in [0.2, 0.25) is 0 Å². The summed E-state index contributed by atoms with van der Waals surface area (Å²) in [5.74, 6) is 0.609. The van der Waals surface area contributed by atoms with Crippen molar-refractivity contribution in [3.05, 3.63) is 54.6 Å². The number of furan rings is 1. The quantitative estimate of drug-likeness (QED) is 0.832. The first-order chi connectivity index (χ1) is 7.65. The molecule has 0 radical (unpaired) electrons. The average Bonchev–Trinajstić information content (AvgIpc) is 2.68. The topological polar surface area (TPSA) is 51.2 Å². The first kappa shape index (κ1) is 10.3. The molecule has 0 saturated carbocycles. The molecule has 4 heteroatoms. The number of anilines is 2. The van der Waals surface area contributed by atoms with Crippen molar-refractivity contribution in [2.45, 2.75) is 0 Å². The molecule has 2 aromatic rings. The van der Waals surface area contributed by atoms with Gasteiger partial charge in [0.25, 0.3) is 0 Å². The van der Waals surface area contributed by atoms with E-state index >= 15 is 0 Å². The lowest BCUT2D eigenvalue weighted by atomic mass is 10.3. The summed E-state index contributed by atoms with van der Waals surface area (Å²) in [5, 5.41) is 2.99. The smallest absolute Gasteiger partial charge is 0.191 e. The molecule has 0 aliphatic carbocycles. The Morgan fingerprint density at radius 3 is 2.44 bits per heavy atom. The van der Waals surface area contributed by atoms with Gasteiger partial charge in [0.1, 0.15) is 5.82 Å². The first-order valence-electron chi connectivity index (χ1n) is 4.72. The van der Waals surface area contributed by atoms with E-state index < -0.39 is 0 Å². The Hall–Kier alpha value is -2.23. The first-order valence-corrected chi connectivity index (χ1v) is 4.72. The predicted molar refractivity (Wildman–Crippen MR) is 62.2 cm³/mol. The molecule has 2 rings (SSSR count). The predicted octanol–water partition coefficient (Wildman–Crippen LogP) is 3.08. The maximum atomic E-state index is 12.7. The van der Waals surface area contributed by atoms with Gasteiger partial charge in [-0.05, 0) is 30.3 Å². The standard InChI is InChI=1S/C12H11FN2O/c1-8(11-6-7-12(14)16-11)15-10-4-2-9(13)3-5-10/h2-7,15H,1,14H2. The number of halogens is 1. The van der Waals surface area contributed by atoms with E-state index in [2.05, 4.69) is 11.9 Å². The Morgan fingerprint density at radius 1 is 1.19 bits per heavy atom. The van der Waals surface area contributed by atoms with E-state index in [0.717, 1.165) is 5.69 Å². The van der Waals surface area contributed by atoms with Crippen molar-refractivity contribution in [2.75, 3.05) is 11.1 Å². The summed E-state index contributed by atoms with van der Waals surface area (Å²) >= 11 is 0. The summed E-state index contributed by atoms with van der Waals surface area (Å²) in [7, 11) is 0. The van der Waals surface area contributed by atoms with Gasteiger partial charge in [-0.1, -0.05) is 6.58 Å². The van der Waals surface area contributed by atoms with Crippen LogP contribution in [0.1, 0.15) is 5.76 Å². The van der Waals surface area contributed by atoms with Gasteiger partial charge in [0.15, 0.2) is 11.6 Å². The number of hydrogen-bond acceptors (Lipinski definition) is 3. The third-order valence-corrected chi connectivity index (χ3v) is 2.06. The average molecular weight is 218 g/mol. The molecule has 3 nitrogen and oxygen atoms in total. The largest absolute Gasteiger partial charge is 0.439 e. The minimum absolute atomic E-state index is 0.279. The van der Waals surface area contributed by atoms with Crippen LogP contribution in [-0.4, -0.2) is 0 Å². The molecule has 0 amide bonds.